The molecule has 1 N–H and O–H groups in total. The third-order valence-corrected chi connectivity index (χ3v) is 4.82. The predicted molar refractivity (Wildman–Crippen MR) is 80.3 cm³/mol. The Kier molecular flexibility index (Phi) is 5.45. The summed E-state index contributed by atoms with van der Waals surface area (Å²) in [5, 5.41) is 9.02. The molecule has 0 spiro atoms. The maximum absolute atomic E-state index is 12.7. The van der Waals surface area contributed by atoms with Gasteiger partial charge in [-0.1, -0.05) is 0 Å². The van der Waals surface area contributed by atoms with Gasteiger partial charge in [-0.3, -0.25) is 4.79 Å². The normalized spacial score (nSPS) is 24.9. The summed E-state index contributed by atoms with van der Waals surface area (Å²) in [6.07, 6.45) is 4.85. The third kappa shape index (κ3) is 4.09. The Balaban J connectivity index is 1.97. The number of aliphatic carboxylic acids is 1. The summed E-state index contributed by atoms with van der Waals surface area (Å²) >= 11 is 0. The van der Waals surface area contributed by atoms with Gasteiger partial charge in [0.05, 0.1) is 6.42 Å². The van der Waals surface area contributed by atoms with Gasteiger partial charge >= 0.3 is 12.0 Å². The number of hydrogen-bond acceptors (Lipinski definition) is 3. The van der Waals surface area contributed by atoms with Gasteiger partial charge in [-0.25, -0.2) is 4.79 Å². The van der Waals surface area contributed by atoms with Crippen LogP contribution < -0.4 is 0 Å². The number of nitrogens with zero attached hydrogens (tertiary/aromatic N) is 3. The average Bonchev–Trinajstić information content (AvgIpc) is 2.46. The Labute approximate surface area is 126 Å². The predicted octanol–water partition coefficient (Wildman–Crippen LogP) is 1.46. The summed E-state index contributed by atoms with van der Waals surface area (Å²) in [6, 6.07) is 0.147. The van der Waals surface area contributed by atoms with Crippen molar-refractivity contribution in [3.8, 4) is 0 Å². The van der Waals surface area contributed by atoms with Gasteiger partial charge in [0.1, 0.15) is 0 Å². The smallest absolute Gasteiger partial charge is 0.320 e. The monoisotopic (exact) mass is 297 g/mol. The molecule has 2 saturated heterocycles. The van der Waals surface area contributed by atoms with Crippen molar-refractivity contribution in [1.82, 2.24) is 14.7 Å². The zero-order chi connectivity index (χ0) is 15.4. The maximum atomic E-state index is 12.7. The van der Waals surface area contributed by atoms with Crippen LogP contribution in [0.1, 0.15) is 38.5 Å². The third-order valence-electron chi connectivity index (χ3n) is 4.82. The summed E-state index contributed by atoms with van der Waals surface area (Å²) in [7, 11) is 3.97. The van der Waals surface area contributed by atoms with Crippen molar-refractivity contribution in [3.05, 3.63) is 0 Å². The van der Waals surface area contributed by atoms with E-state index in [1.54, 1.807) is 4.90 Å². The molecule has 0 aromatic heterocycles. The second kappa shape index (κ2) is 7.11. The second-order valence-corrected chi connectivity index (χ2v) is 6.37. The van der Waals surface area contributed by atoms with Gasteiger partial charge in [-0.05, 0) is 52.2 Å². The number of likely N-dealkylation sites (tertiary alicyclic amines) is 2. The summed E-state index contributed by atoms with van der Waals surface area (Å²) in [4.78, 5) is 29.6. The lowest BCUT2D eigenvalue weighted by molar-refractivity contribution is -0.138. The fraction of sp³-hybridized carbons (Fsp3) is 0.867. The molecule has 2 amide bonds. The SMILES string of the molecule is CN1CCC(N(C)C(=O)N2CCCCC2CC(=O)O)CC1. The van der Waals surface area contributed by atoms with E-state index in [-0.39, 0.29) is 24.5 Å². The first-order valence-corrected chi connectivity index (χ1v) is 7.93. The Morgan fingerprint density at radius 2 is 1.81 bits per heavy atom. The van der Waals surface area contributed by atoms with Crippen LogP contribution in [0.4, 0.5) is 4.79 Å². The molecule has 2 rings (SSSR count). The Morgan fingerprint density at radius 1 is 1.14 bits per heavy atom. The van der Waals surface area contributed by atoms with E-state index in [9.17, 15) is 9.59 Å². The van der Waals surface area contributed by atoms with Crippen LogP contribution in [0.3, 0.4) is 0 Å². The van der Waals surface area contributed by atoms with Crippen LogP contribution in [0.15, 0.2) is 0 Å². The highest BCUT2D eigenvalue weighted by atomic mass is 16.4. The Morgan fingerprint density at radius 3 is 2.43 bits per heavy atom. The van der Waals surface area contributed by atoms with Crippen LogP contribution in [-0.2, 0) is 4.79 Å². The van der Waals surface area contributed by atoms with E-state index in [4.69, 9.17) is 5.11 Å². The lowest BCUT2D eigenvalue weighted by atomic mass is 9.99. The molecule has 2 heterocycles. The largest absolute Gasteiger partial charge is 0.481 e. The first-order valence-electron chi connectivity index (χ1n) is 7.93. The molecule has 2 aliphatic heterocycles. The molecular formula is C15H27N3O3. The fourth-order valence-electron chi connectivity index (χ4n) is 3.41. The zero-order valence-electron chi connectivity index (χ0n) is 13.1. The molecule has 21 heavy (non-hydrogen) atoms. The van der Waals surface area contributed by atoms with Crippen LogP contribution >= 0.6 is 0 Å². The van der Waals surface area contributed by atoms with Gasteiger partial charge in [0.15, 0.2) is 0 Å². The number of carbonyl (C=O) groups is 2. The van der Waals surface area contributed by atoms with E-state index in [1.165, 1.54) is 0 Å². The molecule has 0 aromatic carbocycles. The van der Waals surface area contributed by atoms with Gasteiger partial charge in [0, 0.05) is 25.7 Å². The average molecular weight is 297 g/mol. The van der Waals surface area contributed by atoms with E-state index in [2.05, 4.69) is 11.9 Å². The summed E-state index contributed by atoms with van der Waals surface area (Å²) in [6.45, 7) is 2.72. The van der Waals surface area contributed by atoms with Crippen LogP contribution in [0, 0.1) is 0 Å². The molecule has 0 saturated carbocycles. The van der Waals surface area contributed by atoms with E-state index in [0.717, 1.165) is 45.2 Å². The van der Waals surface area contributed by atoms with Crippen molar-refractivity contribution in [3.63, 3.8) is 0 Å². The molecule has 2 fully saturated rings. The van der Waals surface area contributed by atoms with Crippen LogP contribution in [-0.4, -0.2) is 77.6 Å². The topological polar surface area (TPSA) is 64.1 Å². The molecule has 0 aliphatic carbocycles. The van der Waals surface area contributed by atoms with Crippen molar-refractivity contribution in [2.24, 2.45) is 0 Å². The lowest BCUT2D eigenvalue weighted by Crippen LogP contribution is -2.54. The first-order chi connectivity index (χ1) is 9.99. The zero-order valence-corrected chi connectivity index (χ0v) is 13.1. The van der Waals surface area contributed by atoms with Crippen molar-refractivity contribution < 1.29 is 14.7 Å². The van der Waals surface area contributed by atoms with Gasteiger partial charge in [0.2, 0.25) is 0 Å². The Bertz CT molecular complexity index is 380. The molecule has 6 heteroatoms. The van der Waals surface area contributed by atoms with Crippen molar-refractivity contribution in [1.29, 1.82) is 0 Å². The van der Waals surface area contributed by atoms with E-state index in [0.29, 0.717) is 6.54 Å². The molecule has 0 aromatic rings. The van der Waals surface area contributed by atoms with Crippen molar-refractivity contribution in [2.45, 2.75) is 50.6 Å². The van der Waals surface area contributed by atoms with Crippen LogP contribution in [0.5, 0.6) is 0 Å². The van der Waals surface area contributed by atoms with Gasteiger partial charge < -0.3 is 19.8 Å². The fourth-order valence-corrected chi connectivity index (χ4v) is 3.41. The molecule has 0 bridgehead atoms. The van der Waals surface area contributed by atoms with Crippen LogP contribution in [0.25, 0.3) is 0 Å². The van der Waals surface area contributed by atoms with E-state index in [1.807, 2.05) is 11.9 Å². The quantitative estimate of drug-likeness (QED) is 0.856. The van der Waals surface area contributed by atoms with Gasteiger partial charge in [-0.15, -0.1) is 0 Å². The molecule has 120 valence electrons. The number of urea groups is 1. The molecule has 1 unspecified atom stereocenters. The van der Waals surface area contributed by atoms with E-state index < -0.39 is 5.97 Å². The highest BCUT2D eigenvalue weighted by molar-refractivity contribution is 5.76. The van der Waals surface area contributed by atoms with Crippen LogP contribution in [0.2, 0.25) is 0 Å². The molecule has 1 atom stereocenters. The Hall–Kier alpha value is -1.30. The molecule has 2 aliphatic rings. The highest BCUT2D eigenvalue weighted by Gasteiger charge is 2.33. The number of rotatable bonds is 3. The van der Waals surface area contributed by atoms with Gasteiger partial charge in [0.25, 0.3) is 0 Å². The first kappa shape index (κ1) is 16.1. The maximum Gasteiger partial charge on any atom is 0.320 e. The molecular weight excluding hydrogens is 270 g/mol. The van der Waals surface area contributed by atoms with Gasteiger partial charge in [-0.2, -0.15) is 0 Å². The molecule has 6 nitrogen and oxygen atoms in total. The highest BCUT2D eigenvalue weighted by Crippen LogP contribution is 2.23. The summed E-state index contributed by atoms with van der Waals surface area (Å²) in [5.74, 6) is -0.818. The minimum absolute atomic E-state index is 0.00973. The van der Waals surface area contributed by atoms with Crippen molar-refractivity contribution in [2.75, 3.05) is 33.7 Å². The minimum Gasteiger partial charge on any atom is -0.481 e. The summed E-state index contributed by atoms with van der Waals surface area (Å²) < 4.78 is 0. The number of hydrogen-bond donors (Lipinski definition) is 1. The number of carboxylic acids is 1. The number of carboxylic acid groups (broad SMARTS) is 1. The summed E-state index contributed by atoms with van der Waals surface area (Å²) in [5.41, 5.74) is 0. The minimum atomic E-state index is -0.818. The van der Waals surface area contributed by atoms with Crippen molar-refractivity contribution >= 4 is 12.0 Å². The van der Waals surface area contributed by atoms with E-state index >= 15 is 0 Å². The number of carbonyl (C=O) groups excluding carboxylic acids is 1. The second-order valence-electron chi connectivity index (χ2n) is 6.37. The lowest BCUT2D eigenvalue weighted by Gasteiger charge is -2.41. The molecule has 0 radical (unpaired) electrons. The number of piperidine rings is 2. The standard InChI is InChI=1S/C15H27N3O3/c1-16-9-6-12(7-10-16)17(2)15(21)18-8-4-3-5-13(18)11-14(19)20/h12-13H,3-11H2,1-2H3,(H,19,20). The number of amides is 2.